The third-order valence-electron chi connectivity index (χ3n) is 3.90. The van der Waals surface area contributed by atoms with Crippen LogP contribution in [0.5, 0.6) is 0 Å². The number of hydrogen-bond acceptors (Lipinski definition) is 1. The van der Waals surface area contributed by atoms with Crippen LogP contribution in [0.1, 0.15) is 11.3 Å². The number of hydrogen-bond donors (Lipinski definition) is 1. The highest BCUT2D eigenvalue weighted by molar-refractivity contribution is 5.84. The maximum Gasteiger partial charge on any atom is 0.239 e. The fourth-order valence-electron chi connectivity index (χ4n) is 2.75. The Hall–Kier alpha value is -2.55. The highest BCUT2D eigenvalue weighted by atomic mass is 16.1. The van der Waals surface area contributed by atoms with E-state index in [-0.39, 0.29) is 5.91 Å². The fraction of sp³-hybridized carbons (Fsp3) is 0.211. The van der Waals surface area contributed by atoms with Crippen LogP contribution in [0.15, 0.2) is 60.7 Å². The number of nitrogens with one attached hydrogen (secondary N) is 1. The minimum atomic E-state index is 0.0559. The van der Waals surface area contributed by atoms with E-state index in [4.69, 9.17) is 0 Å². The van der Waals surface area contributed by atoms with Crippen LogP contribution in [0.4, 0.5) is 0 Å². The van der Waals surface area contributed by atoms with E-state index in [2.05, 4.69) is 40.2 Å². The van der Waals surface area contributed by atoms with Gasteiger partial charge in [0.1, 0.15) is 6.54 Å². The molecule has 1 heterocycles. The molecule has 0 atom stereocenters. The van der Waals surface area contributed by atoms with Crippen LogP contribution in [0.2, 0.25) is 0 Å². The maximum atomic E-state index is 12.2. The van der Waals surface area contributed by atoms with Crippen LogP contribution >= 0.6 is 0 Å². The van der Waals surface area contributed by atoms with Crippen molar-refractivity contribution in [3.05, 3.63) is 71.9 Å². The number of aryl methyl sites for hydroxylation is 1. The summed E-state index contributed by atoms with van der Waals surface area (Å²) in [4.78, 5) is 12.2. The van der Waals surface area contributed by atoms with Gasteiger partial charge in [-0.05, 0) is 36.4 Å². The summed E-state index contributed by atoms with van der Waals surface area (Å²) in [7, 11) is 0. The molecule has 0 unspecified atom stereocenters. The summed E-state index contributed by atoms with van der Waals surface area (Å²) >= 11 is 0. The molecule has 0 bridgehead atoms. The standard InChI is InChI=1S/C19H20N2O/c1-15-13-17-9-5-6-10-18(17)21(15)14-19(22)20-12-11-16-7-3-2-4-8-16/h2-10,13H,11-12,14H2,1H3,(H,20,22). The summed E-state index contributed by atoms with van der Waals surface area (Å²) in [5.41, 5.74) is 3.46. The Morgan fingerprint density at radius 2 is 1.77 bits per heavy atom. The van der Waals surface area contributed by atoms with Gasteiger partial charge >= 0.3 is 0 Å². The Kier molecular flexibility index (Phi) is 4.24. The number of nitrogens with zero attached hydrogens (tertiary/aromatic N) is 1. The second-order valence-corrected chi connectivity index (χ2v) is 5.52. The number of carbonyl (C=O) groups excluding carboxylic acids is 1. The van der Waals surface area contributed by atoms with Crippen molar-refractivity contribution >= 4 is 16.8 Å². The number of rotatable bonds is 5. The molecule has 3 heteroatoms. The third-order valence-corrected chi connectivity index (χ3v) is 3.90. The molecular weight excluding hydrogens is 272 g/mol. The second kappa shape index (κ2) is 6.48. The summed E-state index contributed by atoms with van der Waals surface area (Å²) in [6.07, 6.45) is 0.859. The first-order chi connectivity index (χ1) is 10.7. The SMILES string of the molecule is Cc1cc2ccccc2n1CC(=O)NCCc1ccccc1. The van der Waals surface area contributed by atoms with Crippen LogP contribution in [-0.2, 0) is 17.8 Å². The molecule has 1 N–H and O–H groups in total. The quantitative estimate of drug-likeness (QED) is 0.769. The first-order valence-electron chi connectivity index (χ1n) is 7.59. The van der Waals surface area contributed by atoms with Gasteiger partial charge in [-0.15, -0.1) is 0 Å². The summed E-state index contributed by atoms with van der Waals surface area (Å²) in [5, 5.41) is 4.18. The molecule has 0 saturated carbocycles. The molecule has 1 amide bonds. The number of amides is 1. The van der Waals surface area contributed by atoms with Crippen LogP contribution in [0.25, 0.3) is 10.9 Å². The topological polar surface area (TPSA) is 34.0 Å². The lowest BCUT2D eigenvalue weighted by Gasteiger charge is -2.09. The van der Waals surface area contributed by atoms with Gasteiger partial charge in [0.05, 0.1) is 0 Å². The molecule has 0 saturated heterocycles. The van der Waals surface area contributed by atoms with Crippen molar-refractivity contribution in [3.63, 3.8) is 0 Å². The van der Waals surface area contributed by atoms with E-state index < -0.39 is 0 Å². The first-order valence-corrected chi connectivity index (χ1v) is 7.59. The highest BCUT2D eigenvalue weighted by Gasteiger charge is 2.08. The fourth-order valence-corrected chi connectivity index (χ4v) is 2.75. The summed E-state index contributed by atoms with van der Waals surface area (Å²) in [6.45, 7) is 3.08. The molecule has 3 aromatic rings. The van der Waals surface area contributed by atoms with E-state index >= 15 is 0 Å². The van der Waals surface area contributed by atoms with Crippen molar-refractivity contribution in [1.29, 1.82) is 0 Å². The van der Waals surface area contributed by atoms with E-state index in [1.54, 1.807) is 0 Å². The van der Waals surface area contributed by atoms with Crippen LogP contribution in [0, 0.1) is 6.92 Å². The Bertz CT molecular complexity index is 774. The molecule has 112 valence electrons. The van der Waals surface area contributed by atoms with Crippen LogP contribution in [0.3, 0.4) is 0 Å². The number of para-hydroxylation sites is 1. The monoisotopic (exact) mass is 292 g/mol. The van der Waals surface area contributed by atoms with Crippen molar-refractivity contribution in [1.82, 2.24) is 9.88 Å². The number of aromatic nitrogens is 1. The normalized spacial score (nSPS) is 10.8. The lowest BCUT2D eigenvalue weighted by atomic mass is 10.1. The molecule has 1 aromatic heterocycles. The largest absolute Gasteiger partial charge is 0.354 e. The lowest BCUT2D eigenvalue weighted by molar-refractivity contribution is -0.121. The Morgan fingerprint density at radius 3 is 2.59 bits per heavy atom. The van der Waals surface area contributed by atoms with Crippen molar-refractivity contribution in [3.8, 4) is 0 Å². The highest BCUT2D eigenvalue weighted by Crippen LogP contribution is 2.18. The van der Waals surface area contributed by atoms with E-state index in [1.165, 1.54) is 10.9 Å². The first kappa shape index (κ1) is 14.4. The molecule has 0 fully saturated rings. The minimum Gasteiger partial charge on any atom is -0.354 e. The molecule has 3 nitrogen and oxygen atoms in total. The molecule has 0 aliphatic carbocycles. The zero-order valence-electron chi connectivity index (χ0n) is 12.8. The van der Waals surface area contributed by atoms with Crippen molar-refractivity contribution in [2.75, 3.05) is 6.54 Å². The van der Waals surface area contributed by atoms with Gasteiger partial charge < -0.3 is 9.88 Å². The average molecular weight is 292 g/mol. The van der Waals surface area contributed by atoms with Gasteiger partial charge in [0.25, 0.3) is 0 Å². The summed E-state index contributed by atoms with van der Waals surface area (Å²) in [5.74, 6) is 0.0559. The molecule has 0 aliphatic heterocycles. The third kappa shape index (κ3) is 3.19. The smallest absolute Gasteiger partial charge is 0.239 e. The van der Waals surface area contributed by atoms with E-state index in [1.807, 2.05) is 37.3 Å². The van der Waals surface area contributed by atoms with Gasteiger partial charge in [-0.1, -0.05) is 48.5 Å². The summed E-state index contributed by atoms with van der Waals surface area (Å²) in [6, 6.07) is 20.5. The van der Waals surface area contributed by atoms with Gasteiger partial charge in [0.2, 0.25) is 5.91 Å². The van der Waals surface area contributed by atoms with Crippen LogP contribution < -0.4 is 5.32 Å². The average Bonchev–Trinajstić information content (AvgIpc) is 2.84. The molecule has 0 spiro atoms. The zero-order chi connectivity index (χ0) is 15.4. The van der Waals surface area contributed by atoms with Gasteiger partial charge in [-0.3, -0.25) is 4.79 Å². The number of fused-ring (bicyclic) bond motifs is 1. The van der Waals surface area contributed by atoms with Crippen LogP contribution in [-0.4, -0.2) is 17.0 Å². The predicted octanol–water partition coefficient (Wildman–Crippen LogP) is 3.31. The van der Waals surface area contributed by atoms with E-state index in [0.29, 0.717) is 13.1 Å². The lowest BCUT2D eigenvalue weighted by Crippen LogP contribution is -2.29. The Morgan fingerprint density at radius 1 is 1.05 bits per heavy atom. The van der Waals surface area contributed by atoms with Gasteiger partial charge in [0, 0.05) is 17.8 Å². The maximum absolute atomic E-state index is 12.2. The minimum absolute atomic E-state index is 0.0559. The van der Waals surface area contributed by atoms with E-state index in [9.17, 15) is 4.79 Å². The predicted molar refractivity (Wildman–Crippen MR) is 89.8 cm³/mol. The molecule has 3 rings (SSSR count). The van der Waals surface area contributed by atoms with E-state index in [0.717, 1.165) is 17.6 Å². The molecule has 0 aliphatic rings. The molecule has 0 radical (unpaired) electrons. The molecule has 2 aromatic carbocycles. The summed E-state index contributed by atoms with van der Waals surface area (Å²) < 4.78 is 2.06. The van der Waals surface area contributed by atoms with Gasteiger partial charge in [-0.25, -0.2) is 0 Å². The number of carbonyl (C=O) groups is 1. The zero-order valence-corrected chi connectivity index (χ0v) is 12.8. The number of benzene rings is 2. The van der Waals surface area contributed by atoms with Crippen molar-refractivity contribution in [2.45, 2.75) is 19.9 Å². The Labute approximate surface area is 130 Å². The molecule has 22 heavy (non-hydrogen) atoms. The van der Waals surface area contributed by atoms with Crippen molar-refractivity contribution < 1.29 is 4.79 Å². The van der Waals surface area contributed by atoms with Crippen molar-refractivity contribution in [2.24, 2.45) is 0 Å². The van der Waals surface area contributed by atoms with Gasteiger partial charge in [0.15, 0.2) is 0 Å². The van der Waals surface area contributed by atoms with Gasteiger partial charge in [-0.2, -0.15) is 0 Å². The Balaban J connectivity index is 1.60. The second-order valence-electron chi connectivity index (χ2n) is 5.52. The molecular formula is C19H20N2O.